The standard InChI is InChI=1S/C31H37F3N2O7S2/c1-5-14-45(39,40)19-25(37)29-21(2)44-28(35-29)17-36(13-9-12-22-10-7-6-8-11-22)30(38)23-15-26(41-3)24(27(16-23)42-4)18-43-20-31(32,33)34/h6-8,10-11,15-16H,5,9,12-14,17-20H2,1-4H3. The number of aryl methyl sites for hydroxylation is 2. The molecule has 3 rings (SSSR count). The molecule has 0 atom stereocenters. The van der Waals surface area contributed by atoms with Crippen molar-refractivity contribution in [3.05, 3.63) is 74.7 Å². The van der Waals surface area contributed by atoms with E-state index in [0.29, 0.717) is 35.7 Å². The number of halogens is 3. The van der Waals surface area contributed by atoms with Gasteiger partial charge in [0.05, 0.1) is 38.7 Å². The lowest BCUT2D eigenvalue weighted by Gasteiger charge is -2.23. The van der Waals surface area contributed by atoms with Crippen LogP contribution < -0.4 is 9.47 Å². The number of rotatable bonds is 17. The lowest BCUT2D eigenvalue weighted by molar-refractivity contribution is -0.176. The molecule has 246 valence electrons. The van der Waals surface area contributed by atoms with Crippen molar-refractivity contribution in [2.75, 3.05) is 38.9 Å². The molecular weight excluding hydrogens is 633 g/mol. The van der Waals surface area contributed by atoms with Crippen molar-refractivity contribution >= 4 is 32.9 Å². The first-order valence-corrected chi connectivity index (χ1v) is 16.8. The Morgan fingerprint density at radius 1 is 1.04 bits per heavy atom. The van der Waals surface area contributed by atoms with Crippen LogP contribution in [-0.4, -0.2) is 75.0 Å². The Morgan fingerprint density at radius 3 is 2.27 bits per heavy atom. The minimum absolute atomic E-state index is 0.0369. The Kier molecular flexibility index (Phi) is 12.9. The van der Waals surface area contributed by atoms with E-state index >= 15 is 0 Å². The maximum Gasteiger partial charge on any atom is 0.411 e. The first kappa shape index (κ1) is 36.0. The summed E-state index contributed by atoms with van der Waals surface area (Å²) in [4.78, 5) is 33.3. The largest absolute Gasteiger partial charge is 0.496 e. The SMILES string of the molecule is CCCS(=O)(=O)CC(=O)c1nc(CN(CCCc2ccccc2)C(=O)c2cc(OC)c(COCC(F)(F)F)c(OC)c2)sc1C. The Morgan fingerprint density at radius 2 is 1.69 bits per heavy atom. The van der Waals surface area contributed by atoms with Gasteiger partial charge in [-0.1, -0.05) is 37.3 Å². The number of amides is 1. The van der Waals surface area contributed by atoms with Crippen LogP contribution in [0.15, 0.2) is 42.5 Å². The van der Waals surface area contributed by atoms with Crippen LogP contribution in [0.3, 0.4) is 0 Å². The summed E-state index contributed by atoms with van der Waals surface area (Å²) in [5, 5.41) is 0.452. The van der Waals surface area contributed by atoms with E-state index in [1.165, 1.54) is 37.7 Å². The van der Waals surface area contributed by atoms with Crippen LogP contribution in [0.5, 0.6) is 11.5 Å². The fourth-order valence-electron chi connectivity index (χ4n) is 4.66. The van der Waals surface area contributed by atoms with Crippen LogP contribution in [0.2, 0.25) is 0 Å². The summed E-state index contributed by atoms with van der Waals surface area (Å²) < 4.78 is 78.1. The van der Waals surface area contributed by atoms with E-state index < -0.39 is 46.7 Å². The molecule has 45 heavy (non-hydrogen) atoms. The number of methoxy groups -OCH3 is 2. The molecule has 0 fully saturated rings. The van der Waals surface area contributed by atoms with E-state index in [0.717, 1.165) is 5.56 Å². The van der Waals surface area contributed by atoms with Gasteiger partial charge in [0.1, 0.15) is 34.6 Å². The molecule has 2 aromatic carbocycles. The van der Waals surface area contributed by atoms with E-state index in [4.69, 9.17) is 14.2 Å². The van der Waals surface area contributed by atoms with E-state index in [2.05, 4.69) is 4.98 Å². The maximum atomic E-state index is 13.9. The minimum atomic E-state index is -4.51. The number of benzene rings is 2. The molecule has 14 heteroatoms. The number of nitrogens with zero attached hydrogens (tertiary/aromatic N) is 2. The van der Waals surface area contributed by atoms with Gasteiger partial charge in [0, 0.05) is 17.0 Å². The van der Waals surface area contributed by atoms with Gasteiger partial charge in [-0.25, -0.2) is 13.4 Å². The molecule has 0 spiro atoms. The van der Waals surface area contributed by atoms with E-state index in [9.17, 15) is 31.2 Å². The van der Waals surface area contributed by atoms with Crippen molar-refractivity contribution in [3.63, 3.8) is 0 Å². The lowest BCUT2D eigenvalue weighted by Crippen LogP contribution is -2.32. The average molecular weight is 671 g/mol. The van der Waals surface area contributed by atoms with E-state index in [1.807, 2.05) is 30.3 Å². The van der Waals surface area contributed by atoms with Crippen molar-refractivity contribution < 1.29 is 45.4 Å². The second-order valence-corrected chi connectivity index (χ2v) is 13.8. The molecule has 9 nitrogen and oxygen atoms in total. The molecule has 0 aliphatic carbocycles. The maximum absolute atomic E-state index is 13.9. The summed E-state index contributed by atoms with van der Waals surface area (Å²) in [6.07, 6.45) is -2.84. The predicted octanol–water partition coefficient (Wildman–Crippen LogP) is 5.83. The molecule has 1 amide bonds. The quantitative estimate of drug-likeness (QED) is 0.165. The lowest BCUT2D eigenvalue weighted by atomic mass is 10.1. The highest BCUT2D eigenvalue weighted by Gasteiger charge is 2.29. The molecule has 1 heterocycles. The number of ether oxygens (including phenoxy) is 3. The monoisotopic (exact) mass is 670 g/mol. The van der Waals surface area contributed by atoms with Crippen LogP contribution in [-0.2, 0) is 34.1 Å². The number of carbonyl (C=O) groups excluding carboxylic acids is 2. The van der Waals surface area contributed by atoms with Crippen molar-refractivity contribution in [2.24, 2.45) is 0 Å². The van der Waals surface area contributed by atoms with Crippen LogP contribution >= 0.6 is 11.3 Å². The normalized spacial score (nSPS) is 11.8. The number of sulfone groups is 1. The van der Waals surface area contributed by atoms with Crippen LogP contribution in [0, 0.1) is 6.92 Å². The van der Waals surface area contributed by atoms with Crippen molar-refractivity contribution in [1.29, 1.82) is 0 Å². The highest BCUT2D eigenvalue weighted by molar-refractivity contribution is 7.92. The van der Waals surface area contributed by atoms with Crippen molar-refractivity contribution in [2.45, 2.75) is 52.4 Å². The third kappa shape index (κ3) is 10.8. The second kappa shape index (κ2) is 16.2. The molecule has 1 aromatic heterocycles. The summed E-state index contributed by atoms with van der Waals surface area (Å²) in [5.74, 6) is -1.51. The number of hydrogen-bond acceptors (Lipinski definition) is 9. The number of aromatic nitrogens is 1. The molecule has 0 saturated heterocycles. The zero-order valence-corrected chi connectivity index (χ0v) is 27.2. The van der Waals surface area contributed by atoms with Gasteiger partial charge in [-0.3, -0.25) is 9.59 Å². The molecule has 3 aromatic rings. The number of alkyl halides is 3. The molecule has 0 saturated carbocycles. The number of carbonyl (C=O) groups is 2. The Balaban J connectivity index is 1.90. The Labute approximate surface area is 265 Å². The fraction of sp³-hybridized carbons (Fsp3) is 0.452. The van der Waals surface area contributed by atoms with Gasteiger partial charge in [-0.15, -0.1) is 11.3 Å². The topological polar surface area (TPSA) is 112 Å². The molecule has 0 radical (unpaired) electrons. The zero-order chi connectivity index (χ0) is 33.2. The third-order valence-corrected chi connectivity index (χ3v) is 9.38. The Hall–Kier alpha value is -3.49. The second-order valence-electron chi connectivity index (χ2n) is 10.3. The van der Waals surface area contributed by atoms with Crippen LogP contribution in [0.4, 0.5) is 13.2 Å². The van der Waals surface area contributed by atoms with Gasteiger partial charge in [0.25, 0.3) is 5.91 Å². The van der Waals surface area contributed by atoms with Gasteiger partial charge in [0.2, 0.25) is 0 Å². The van der Waals surface area contributed by atoms with Crippen molar-refractivity contribution in [3.8, 4) is 11.5 Å². The van der Waals surface area contributed by atoms with Gasteiger partial charge in [-0.2, -0.15) is 13.2 Å². The summed E-state index contributed by atoms with van der Waals surface area (Å²) in [5.41, 5.74) is 1.53. The number of ketones is 1. The first-order valence-electron chi connectivity index (χ1n) is 14.2. The Bertz CT molecular complexity index is 1530. The third-order valence-electron chi connectivity index (χ3n) is 6.69. The van der Waals surface area contributed by atoms with Crippen molar-refractivity contribution in [1.82, 2.24) is 9.88 Å². The van der Waals surface area contributed by atoms with E-state index in [1.54, 1.807) is 18.7 Å². The van der Waals surface area contributed by atoms with Gasteiger partial charge < -0.3 is 19.1 Å². The summed E-state index contributed by atoms with van der Waals surface area (Å²) in [6.45, 7) is 1.83. The molecular formula is C31H37F3N2O7S2. The van der Waals surface area contributed by atoms with Gasteiger partial charge in [0.15, 0.2) is 15.6 Å². The first-order chi connectivity index (χ1) is 21.3. The molecule has 0 aliphatic rings. The summed E-state index contributed by atoms with van der Waals surface area (Å²) in [7, 11) is -0.916. The molecule has 0 aliphatic heterocycles. The van der Waals surface area contributed by atoms with E-state index in [-0.39, 0.29) is 40.6 Å². The molecule has 0 unspecified atom stereocenters. The summed E-state index contributed by atoms with van der Waals surface area (Å²) >= 11 is 1.20. The smallest absolute Gasteiger partial charge is 0.411 e. The number of hydrogen-bond donors (Lipinski definition) is 0. The van der Waals surface area contributed by atoms with Crippen LogP contribution in [0.1, 0.15) is 61.6 Å². The predicted molar refractivity (Wildman–Crippen MR) is 165 cm³/mol. The van der Waals surface area contributed by atoms with Crippen LogP contribution in [0.25, 0.3) is 0 Å². The molecule has 0 N–H and O–H groups in total. The van der Waals surface area contributed by atoms with Gasteiger partial charge in [-0.05, 0) is 43.9 Å². The zero-order valence-electron chi connectivity index (χ0n) is 25.6. The summed E-state index contributed by atoms with van der Waals surface area (Å²) in [6, 6.07) is 12.6. The van der Waals surface area contributed by atoms with Gasteiger partial charge >= 0.3 is 6.18 Å². The fourth-order valence-corrected chi connectivity index (χ4v) is 6.93. The highest BCUT2D eigenvalue weighted by Crippen LogP contribution is 2.33. The number of Topliss-reactive ketones (excluding diaryl/α,β-unsaturated/α-hetero) is 1. The highest BCUT2D eigenvalue weighted by atomic mass is 32.2. The average Bonchev–Trinajstić information content (AvgIpc) is 3.35. The number of thiazole rings is 1. The minimum Gasteiger partial charge on any atom is -0.496 e. The molecule has 0 bridgehead atoms.